The lowest BCUT2D eigenvalue weighted by Gasteiger charge is -2.08. The Morgan fingerprint density at radius 3 is 2.84 bits per heavy atom. The summed E-state index contributed by atoms with van der Waals surface area (Å²) in [7, 11) is 0. The summed E-state index contributed by atoms with van der Waals surface area (Å²) in [6.07, 6.45) is 7.58. The number of carbonyl (C=O) groups is 1. The number of benzene rings is 1. The zero-order valence-corrected chi connectivity index (χ0v) is 14.2. The predicted molar refractivity (Wildman–Crippen MR) is 97.0 cm³/mol. The second-order valence-corrected chi connectivity index (χ2v) is 5.78. The Hall–Kier alpha value is -3.08. The van der Waals surface area contributed by atoms with Crippen molar-refractivity contribution in [2.75, 3.05) is 6.54 Å². The third-order valence-corrected chi connectivity index (χ3v) is 3.81. The van der Waals surface area contributed by atoms with Crippen LogP contribution in [0.5, 0.6) is 0 Å². The van der Waals surface area contributed by atoms with Crippen LogP contribution in [0.3, 0.4) is 0 Å². The Labute approximate surface area is 147 Å². The van der Waals surface area contributed by atoms with Crippen LogP contribution in [0.2, 0.25) is 0 Å². The van der Waals surface area contributed by atoms with Crippen molar-refractivity contribution in [1.82, 2.24) is 14.9 Å². The van der Waals surface area contributed by atoms with Crippen LogP contribution in [0.1, 0.15) is 22.9 Å². The van der Waals surface area contributed by atoms with Gasteiger partial charge < -0.3 is 14.3 Å². The molecule has 0 atom stereocenters. The zero-order valence-electron chi connectivity index (χ0n) is 14.2. The highest BCUT2D eigenvalue weighted by Gasteiger charge is 2.04. The van der Waals surface area contributed by atoms with Gasteiger partial charge in [0.1, 0.15) is 17.3 Å². The van der Waals surface area contributed by atoms with Gasteiger partial charge in [0.15, 0.2) is 0 Å². The number of nitrogens with one attached hydrogen (secondary N) is 1. The van der Waals surface area contributed by atoms with Gasteiger partial charge in [-0.15, -0.1) is 0 Å². The van der Waals surface area contributed by atoms with Crippen molar-refractivity contribution < 1.29 is 9.21 Å². The molecule has 25 heavy (non-hydrogen) atoms. The van der Waals surface area contributed by atoms with Crippen LogP contribution < -0.4 is 5.32 Å². The van der Waals surface area contributed by atoms with E-state index in [-0.39, 0.29) is 5.91 Å². The Kier molecular flexibility index (Phi) is 5.46. The molecule has 0 saturated carbocycles. The van der Waals surface area contributed by atoms with E-state index in [9.17, 15) is 4.79 Å². The maximum absolute atomic E-state index is 11.9. The third-order valence-electron chi connectivity index (χ3n) is 3.81. The van der Waals surface area contributed by atoms with E-state index in [1.54, 1.807) is 12.3 Å². The first-order valence-electron chi connectivity index (χ1n) is 8.27. The number of amides is 1. The zero-order chi connectivity index (χ0) is 17.5. The van der Waals surface area contributed by atoms with Crippen molar-refractivity contribution in [2.24, 2.45) is 0 Å². The van der Waals surface area contributed by atoms with Gasteiger partial charge in [-0.3, -0.25) is 4.79 Å². The molecule has 0 spiro atoms. The molecule has 0 unspecified atom stereocenters. The average Bonchev–Trinajstić information content (AvgIpc) is 3.23. The van der Waals surface area contributed by atoms with Gasteiger partial charge in [-0.2, -0.15) is 0 Å². The van der Waals surface area contributed by atoms with E-state index in [1.165, 1.54) is 11.6 Å². The van der Waals surface area contributed by atoms with Crippen LogP contribution in [0, 0.1) is 6.92 Å². The van der Waals surface area contributed by atoms with Crippen molar-refractivity contribution in [3.05, 3.63) is 83.8 Å². The summed E-state index contributed by atoms with van der Waals surface area (Å²) in [6, 6.07) is 13.9. The first-order valence-corrected chi connectivity index (χ1v) is 8.27. The van der Waals surface area contributed by atoms with Gasteiger partial charge in [0.2, 0.25) is 5.91 Å². The molecule has 1 N–H and O–H groups in total. The molecule has 3 rings (SSSR count). The van der Waals surface area contributed by atoms with Gasteiger partial charge in [-0.05, 0) is 30.7 Å². The number of aryl methyl sites for hydroxylation is 1. The molecule has 1 amide bonds. The molecule has 1 aromatic carbocycles. The SMILES string of the molecule is Cc1ccc(/C=C/C(=O)NCCc2nccn2Cc2ccccc2)o1. The van der Waals surface area contributed by atoms with E-state index >= 15 is 0 Å². The van der Waals surface area contributed by atoms with Gasteiger partial charge in [-0.25, -0.2) is 4.98 Å². The third kappa shape index (κ3) is 4.94. The molecule has 0 fully saturated rings. The number of rotatable bonds is 7. The minimum absolute atomic E-state index is 0.143. The minimum Gasteiger partial charge on any atom is -0.462 e. The molecule has 2 heterocycles. The lowest BCUT2D eigenvalue weighted by molar-refractivity contribution is -0.116. The van der Waals surface area contributed by atoms with E-state index < -0.39 is 0 Å². The summed E-state index contributed by atoms with van der Waals surface area (Å²) in [4.78, 5) is 16.2. The monoisotopic (exact) mass is 335 g/mol. The molecular formula is C20H21N3O2. The molecule has 0 bridgehead atoms. The number of furan rings is 1. The van der Waals surface area contributed by atoms with Gasteiger partial charge in [-0.1, -0.05) is 30.3 Å². The fourth-order valence-corrected chi connectivity index (χ4v) is 2.55. The molecule has 0 aliphatic carbocycles. The Morgan fingerprint density at radius 1 is 1.24 bits per heavy atom. The number of carbonyl (C=O) groups excluding carboxylic acids is 1. The number of hydrogen-bond donors (Lipinski definition) is 1. The standard InChI is InChI=1S/C20H21N3O2/c1-16-7-8-18(25-16)9-10-20(24)22-12-11-19-21-13-14-23(19)15-17-5-3-2-4-6-17/h2-10,13-14H,11-12,15H2,1H3,(H,22,24)/b10-9+. The smallest absolute Gasteiger partial charge is 0.244 e. The van der Waals surface area contributed by atoms with Crippen molar-refractivity contribution in [3.63, 3.8) is 0 Å². The van der Waals surface area contributed by atoms with Gasteiger partial charge >= 0.3 is 0 Å². The number of aromatic nitrogens is 2. The summed E-state index contributed by atoms with van der Waals surface area (Å²) in [6.45, 7) is 3.18. The molecule has 0 saturated heterocycles. The van der Waals surface area contributed by atoms with Gasteiger partial charge in [0, 0.05) is 38.0 Å². The quantitative estimate of drug-likeness (QED) is 0.675. The summed E-state index contributed by atoms with van der Waals surface area (Å²) in [5, 5.41) is 2.87. The van der Waals surface area contributed by atoms with Crippen LogP contribution in [0.15, 0.2) is 65.4 Å². The highest BCUT2D eigenvalue weighted by molar-refractivity contribution is 5.91. The number of hydrogen-bond acceptors (Lipinski definition) is 3. The van der Waals surface area contributed by atoms with Crippen molar-refractivity contribution >= 4 is 12.0 Å². The minimum atomic E-state index is -0.143. The topological polar surface area (TPSA) is 60.1 Å². The molecular weight excluding hydrogens is 314 g/mol. The van der Waals surface area contributed by atoms with Crippen molar-refractivity contribution in [2.45, 2.75) is 19.9 Å². The summed E-state index contributed by atoms with van der Waals surface area (Å²) in [5.74, 6) is 2.31. The summed E-state index contributed by atoms with van der Waals surface area (Å²) in [5.41, 5.74) is 1.22. The molecule has 0 aliphatic heterocycles. The van der Waals surface area contributed by atoms with E-state index in [2.05, 4.69) is 27.0 Å². The van der Waals surface area contributed by atoms with E-state index in [0.29, 0.717) is 18.7 Å². The second kappa shape index (κ2) is 8.15. The molecule has 128 valence electrons. The van der Waals surface area contributed by atoms with E-state index in [1.807, 2.05) is 43.5 Å². The fraction of sp³-hybridized carbons (Fsp3) is 0.200. The molecule has 5 nitrogen and oxygen atoms in total. The molecule has 5 heteroatoms. The highest BCUT2D eigenvalue weighted by Crippen LogP contribution is 2.08. The fourth-order valence-electron chi connectivity index (χ4n) is 2.55. The van der Waals surface area contributed by atoms with Gasteiger partial charge in [0.05, 0.1) is 0 Å². The maximum Gasteiger partial charge on any atom is 0.244 e. The Morgan fingerprint density at radius 2 is 2.08 bits per heavy atom. The van der Waals surface area contributed by atoms with Crippen LogP contribution in [0.4, 0.5) is 0 Å². The second-order valence-electron chi connectivity index (χ2n) is 5.78. The predicted octanol–water partition coefficient (Wildman–Crippen LogP) is 3.20. The highest BCUT2D eigenvalue weighted by atomic mass is 16.3. The summed E-state index contributed by atoms with van der Waals surface area (Å²) < 4.78 is 7.49. The number of nitrogens with zero attached hydrogens (tertiary/aromatic N) is 2. The molecule has 2 aromatic heterocycles. The van der Waals surface area contributed by atoms with Crippen LogP contribution in [-0.2, 0) is 17.8 Å². The first-order chi connectivity index (χ1) is 12.2. The Balaban J connectivity index is 1.48. The number of imidazole rings is 1. The van der Waals surface area contributed by atoms with E-state index in [4.69, 9.17) is 4.42 Å². The summed E-state index contributed by atoms with van der Waals surface area (Å²) >= 11 is 0. The first kappa shape index (κ1) is 16.8. The average molecular weight is 335 g/mol. The van der Waals surface area contributed by atoms with Crippen molar-refractivity contribution in [3.8, 4) is 0 Å². The molecule has 0 radical (unpaired) electrons. The van der Waals surface area contributed by atoms with E-state index in [0.717, 1.165) is 18.1 Å². The lowest BCUT2D eigenvalue weighted by Crippen LogP contribution is -2.24. The lowest BCUT2D eigenvalue weighted by atomic mass is 10.2. The molecule has 0 aliphatic rings. The van der Waals surface area contributed by atoms with Crippen molar-refractivity contribution in [1.29, 1.82) is 0 Å². The van der Waals surface area contributed by atoms with Crippen LogP contribution in [-0.4, -0.2) is 22.0 Å². The Bertz CT molecular complexity index is 847. The largest absolute Gasteiger partial charge is 0.462 e. The van der Waals surface area contributed by atoms with Gasteiger partial charge in [0.25, 0.3) is 0 Å². The molecule has 3 aromatic rings. The maximum atomic E-state index is 11.9. The normalized spacial score (nSPS) is 11.1. The van der Waals surface area contributed by atoms with Crippen LogP contribution in [0.25, 0.3) is 6.08 Å². The van der Waals surface area contributed by atoms with Crippen LogP contribution >= 0.6 is 0 Å².